The standard InChI is InChI=1S/C13H16N4O/c1-17(2)11-5-3-4-10(8-11)9-18-13-7-6-12(14)15-16-13/h3-8H,9H2,1-2H3,(H2,14,15). The molecule has 5 heteroatoms. The fourth-order valence-electron chi connectivity index (χ4n) is 1.49. The second-order valence-corrected chi connectivity index (χ2v) is 4.15. The van der Waals surface area contributed by atoms with E-state index in [0.717, 1.165) is 11.3 Å². The molecule has 0 radical (unpaired) electrons. The first-order valence-corrected chi connectivity index (χ1v) is 5.63. The van der Waals surface area contributed by atoms with Crippen molar-refractivity contribution in [2.24, 2.45) is 0 Å². The molecule has 1 aromatic carbocycles. The summed E-state index contributed by atoms with van der Waals surface area (Å²) < 4.78 is 5.53. The summed E-state index contributed by atoms with van der Waals surface area (Å²) in [5, 5.41) is 7.57. The summed E-state index contributed by atoms with van der Waals surface area (Å²) in [5.74, 6) is 0.858. The minimum absolute atomic E-state index is 0.386. The molecule has 0 atom stereocenters. The van der Waals surface area contributed by atoms with E-state index in [1.807, 2.05) is 37.2 Å². The first kappa shape index (κ1) is 12.2. The zero-order valence-corrected chi connectivity index (χ0v) is 10.5. The molecule has 5 nitrogen and oxygen atoms in total. The van der Waals surface area contributed by atoms with Crippen LogP contribution in [0.2, 0.25) is 0 Å². The molecular formula is C13H16N4O. The van der Waals surface area contributed by atoms with Gasteiger partial charge in [0.15, 0.2) is 0 Å². The molecule has 0 amide bonds. The monoisotopic (exact) mass is 244 g/mol. The minimum atomic E-state index is 0.386. The molecule has 0 aliphatic heterocycles. The largest absolute Gasteiger partial charge is 0.472 e. The average molecular weight is 244 g/mol. The first-order valence-electron chi connectivity index (χ1n) is 5.63. The van der Waals surface area contributed by atoms with Crippen LogP contribution < -0.4 is 15.4 Å². The Hall–Kier alpha value is -2.30. The number of benzene rings is 1. The third-order valence-corrected chi connectivity index (χ3v) is 2.47. The van der Waals surface area contributed by atoms with Crippen LogP contribution in [0.4, 0.5) is 11.5 Å². The lowest BCUT2D eigenvalue weighted by atomic mass is 10.2. The van der Waals surface area contributed by atoms with Crippen molar-refractivity contribution in [3.05, 3.63) is 42.0 Å². The van der Waals surface area contributed by atoms with Crippen LogP contribution in [0.15, 0.2) is 36.4 Å². The number of hydrogen-bond donors (Lipinski definition) is 1. The molecule has 18 heavy (non-hydrogen) atoms. The highest BCUT2D eigenvalue weighted by atomic mass is 16.5. The third-order valence-electron chi connectivity index (χ3n) is 2.47. The van der Waals surface area contributed by atoms with Crippen LogP contribution in [0, 0.1) is 0 Å². The van der Waals surface area contributed by atoms with Gasteiger partial charge in [-0.15, -0.1) is 10.2 Å². The molecule has 2 aromatic rings. The number of nitrogens with two attached hydrogens (primary N) is 1. The zero-order valence-electron chi connectivity index (χ0n) is 10.5. The van der Waals surface area contributed by atoms with Crippen LogP contribution in [-0.2, 0) is 6.61 Å². The van der Waals surface area contributed by atoms with E-state index in [0.29, 0.717) is 18.3 Å². The van der Waals surface area contributed by atoms with Crippen molar-refractivity contribution in [3.8, 4) is 5.88 Å². The highest BCUT2D eigenvalue weighted by Crippen LogP contribution is 2.15. The van der Waals surface area contributed by atoms with E-state index in [1.54, 1.807) is 12.1 Å². The summed E-state index contributed by atoms with van der Waals surface area (Å²) >= 11 is 0. The molecule has 0 fully saturated rings. The minimum Gasteiger partial charge on any atom is -0.472 e. The molecule has 0 aliphatic carbocycles. The average Bonchev–Trinajstić information content (AvgIpc) is 2.38. The van der Waals surface area contributed by atoms with Crippen LogP contribution in [0.1, 0.15) is 5.56 Å². The summed E-state index contributed by atoms with van der Waals surface area (Å²) in [6.45, 7) is 0.459. The Labute approximate surface area is 106 Å². The maximum atomic E-state index is 5.53. The van der Waals surface area contributed by atoms with Gasteiger partial charge in [0, 0.05) is 25.8 Å². The van der Waals surface area contributed by atoms with Crippen molar-refractivity contribution in [1.82, 2.24) is 10.2 Å². The molecule has 94 valence electrons. The normalized spacial score (nSPS) is 10.1. The van der Waals surface area contributed by atoms with E-state index >= 15 is 0 Å². The Bertz CT molecular complexity index is 511. The number of nitrogen functional groups attached to an aromatic ring is 1. The zero-order chi connectivity index (χ0) is 13.0. The van der Waals surface area contributed by atoms with Gasteiger partial charge in [0.05, 0.1) is 0 Å². The van der Waals surface area contributed by atoms with Crippen LogP contribution in [0.5, 0.6) is 5.88 Å². The van der Waals surface area contributed by atoms with Gasteiger partial charge in [-0.25, -0.2) is 0 Å². The molecule has 2 N–H and O–H groups in total. The fourth-order valence-corrected chi connectivity index (χ4v) is 1.49. The summed E-state index contributed by atoms with van der Waals surface area (Å²) in [6, 6.07) is 11.5. The van der Waals surface area contributed by atoms with Crippen molar-refractivity contribution < 1.29 is 4.74 Å². The van der Waals surface area contributed by atoms with Gasteiger partial charge < -0.3 is 15.4 Å². The van der Waals surface area contributed by atoms with Gasteiger partial charge in [-0.05, 0) is 23.8 Å². The van der Waals surface area contributed by atoms with Crippen molar-refractivity contribution in [3.63, 3.8) is 0 Å². The smallest absolute Gasteiger partial charge is 0.233 e. The lowest BCUT2D eigenvalue weighted by molar-refractivity contribution is 0.290. The molecular weight excluding hydrogens is 228 g/mol. The van der Waals surface area contributed by atoms with E-state index in [2.05, 4.69) is 16.3 Å². The van der Waals surface area contributed by atoms with Crippen molar-refractivity contribution in [2.45, 2.75) is 6.61 Å². The second-order valence-electron chi connectivity index (χ2n) is 4.15. The number of ether oxygens (including phenoxy) is 1. The van der Waals surface area contributed by atoms with Gasteiger partial charge in [-0.1, -0.05) is 12.1 Å². The topological polar surface area (TPSA) is 64.3 Å². The molecule has 0 unspecified atom stereocenters. The van der Waals surface area contributed by atoms with Gasteiger partial charge in [0.1, 0.15) is 12.4 Å². The van der Waals surface area contributed by atoms with Crippen molar-refractivity contribution >= 4 is 11.5 Å². The van der Waals surface area contributed by atoms with Crippen LogP contribution in [0.3, 0.4) is 0 Å². The van der Waals surface area contributed by atoms with E-state index in [1.165, 1.54) is 0 Å². The van der Waals surface area contributed by atoms with E-state index < -0.39 is 0 Å². The maximum Gasteiger partial charge on any atom is 0.233 e. The molecule has 0 bridgehead atoms. The van der Waals surface area contributed by atoms with Gasteiger partial charge >= 0.3 is 0 Å². The number of nitrogens with zero attached hydrogens (tertiary/aromatic N) is 3. The Morgan fingerprint density at radius 2 is 2.00 bits per heavy atom. The number of aromatic nitrogens is 2. The summed E-state index contributed by atoms with van der Waals surface area (Å²) in [6.07, 6.45) is 0. The Balaban J connectivity index is 2.01. The van der Waals surface area contributed by atoms with Gasteiger partial charge in [-0.3, -0.25) is 0 Å². The summed E-state index contributed by atoms with van der Waals surface area (Å²) in [4.78, 5) is 2.05. The maximum absolute atomic E-state index is 5.53. The second kappa shape index (κ2) is 5.35. The predicted octanol–water partition coefficient (Wildman–Crippen LogP) is 1.70. The predicted molar refractivity (Wildman–Crippen MR) is 71.5 cm³/mol. The highest BCUT2D eigenvalue weighted by molar-refractivity contribution is 5.47. The SMILES string of the molecule is CN(C)c1cccc(COc2ccc(N)nn2)c1. The lowest BCUT2D eigenvalue weighted by Crippen LogP contribution is -2.09. The quantitative estimate of drug-likeness (QED) is 0.886. The van der Waals surface area contributed by atoms with Gasteiger partial charge in [0.25, 0.3) is 0 Å². The summed E-state index contributed by atoms with van der Waals surface area (Å²) in [5.41, 5.74) is 7.67. The van der Waals surface area contributed by atoms with Crippen LogP contribution in [-0.4, -0.2) is 24.3 Å². The van der Waals surface area contributed by atoms with Gasteiger partial charge in [-0.2, -0.15) is 0 Å². The Morgan fingerprint density at radius 1 is 1.17 bits per heavy atom. The highest BCUT2D eigenvalue weighted by Gasteiger charge is 2.00. The number of hydrogen-bond acceptors (Lipinski definition) is 5. The number of anilines is 2. The fraction of sp³-hybridized carbons (Fsp3) is 0.231. The van der Waals surface area contributed by atoms with Crippen molar-refractivity contribution in [2.75, 3.05) is 24.7 Å². The lowest BCUT2D eigenvalue weighted by Gasteiger charge is -2.13. The molecule has 2 rings (SSSR count). The molecule has 0 saturated carbocycles. The van der Waals surface area contributed by atoms with E-state index in [4.69, 9.17) is 10.5 Å². The van der Waals surface area contributed by atoms with E-state index in [-0.39, 0.29) is 0 Å². The Kier molecular flexibility index (Phi) is 3.62. The molecule has 0 spiro atoms. The molecule has 0 aliphatic rings. The summed E-state index contributed by atoms with van der Waals surface area (Å²) in [7, 11) is 4.01. The Morgan fingerprint density at radius 3 is 2.67 bits per heavy atom. The van der Waals surface area contributed by atoms with Gasteiger partial charge in [0.2, 0.25) is 5.88 Å². The molecule has 1 heterocycles. The molecule has 1 aromatic heterocycles. The third kappa shape index (κ3) is 3.10. The van der Waals surface area contributed by atoms with Crippen LogP contribution >= 0.6 is 0 Å². The number of rotatable bonds is 4. The van der Waals surface area contributed by atoms with E-state index in [9.17, 15) is 0 Å². The van der Waals surface area contributed by atoms with Crippen LogP contribution in [0.25, 0.3) is 0 Å². The first-order chi connectivity index (χ1) is 8.65. The van der Waals surface area contributed by atoms with Crippen molar-refractivity contribution in [1.29, 1.82) is 0 Å². The molecule has 0 saturated heterocycles.